The highest BCUT2D eigenvalue weighted by Crippen LogP contribution is 2.59. The van der Waals surface area contributed by atoms with Crippen molar-refractivity contribution < 1.29 is 50.6 Å². The standard InChI is InChI=1S/C46H77F5N2O4.C5H10O2/c1-19-44(18)32(4)34(54)28-43(17,29-52)53(44)57-41(13,14)35(36(55)56-26-25-38(7,8)45(47,48)42(15,16)46(49,50)51)40(11,12)39(9,10)30(2)27-37(5,6)31(3)33-23-21-20-22-24-33;1-2-3-4-7-5-6/h20-24,30-32,35H,19,25-29,52H2,1-18H3;5H,2-4H2,1H3. The number of carbonyl (C=O) groups excluding carboxylic acids is 3. The second kappa shape index (κ2) is 21.5. The van der Waals surface area contributed by atoms with Gasteiger partial charge in [0.15, 0.2) is 0 Å². The molecule has 0 spiro atoms. The summed E-state index contributed by atoms with van der Waals surface area (Å²) in [5.74, 6) is -6.01. The molecule has 6 unspecified atom stereocenters. The normalized spacial score (nSPS) is 22.5. The summed E-state index contributed by atoms with van der Waals surface area (Å²) in [5, 5.41) is 1.83. The van der Waals surface area contributed by atoms with Gasteiger partial charge in [0.2, 0.25) is 0 Å². The number of nitrogens with two attached hydrogens (primary N) is 1. The van der Waals surface area contributed by atoms with Gasteiger partial charge in [0.1, 0.15) is 11.2 Å². The number of rotatable bonds is 22. The molecule has 8 nitrogen and oxygen atoms in total. The first-order valence-corrected chi connectivity index (χ1v) is 23.2. The quantitative estimate of drug-likeness (QED) is 0.0530. The van der Waals surface area contributed by atoms with Crippen LogP contribution in [-0.2, 0) is 28.7 Å². The number of alkyl halides is 5. The molecule has 64 heavy (non-hydrogen) atoms. The van der Waals surface area contributed by atoms with E-state index in [4.69, 9.17) is 15.3 Å². The fraction of sp³-hybridized carbons (Fsp3) is 0.824. The molecular weight excluding hydrogens is 832 g/mol. The van der Waals surface area contributed by atoms with Crippen molar-refractivity contribution in [1.29, 1.82) is 0 Å². The molecule has 13 heteroatoms. The average molecular weight is 919 g/mol. The zero-order valence-electron chi connectivity index (χ0n) is 43.0. The van der Waals surface area contributed by atoms with Crippen molar-refractivity contribution in [3.05, 3.63) is 35.9 Å². The number of unbranched alkanes of at least 4 members (excludes halogenated alkanes) is 1. The van der Waals surface area contributed by atoms with Crippen LogP contribution in [-0.4, -0.2) is 71.8 Å². The van der Waals surface area contributed by atoms with E-state index in [9.17, 15) is 27.6 Å². The minimum absolute atomic E-state index is 0.0323. The van der Waals surface area contributed by atoms with Gasteiger partial charge in [-0.05, 0) is 101 Å². The van der Waals surface area contributed by atoms with Gasteiger partial charge in [-0.1, -0.05) is 127 Å². The van der Waals surface area contributed by atoms with Crippen LogP contribution in [0.1, 0.15) is 182 Å². The molecule has 0 bridgehead atoms. The zero-order chi connectivity index (χ0) is 50.3. The number of piperidine rings is 1. The van der Waals surface area contributed by atoms with Gasteiger partial charge in [-0.25, -0.2) is 8.78 Å². The summed E-state index contributed by atoms with van der Waals surface area (Å²) in [6.07, 6.45) is -2.16. The van der Waals surface area contributed by atoms with Crippen molar-refractivity contribution in [1.82, 2.24) is 5.06 Å². The number of benzene rings is 1. The van der Waals surface area contributed by atoms with E-state index in [1.54, 1.807) is 13.8 Å². The molecule has 0 radical (unpaired) electrons. The minimum Gasteiger partial charge on any atom is -0.468 e. The van der Waals surface area contributed by atoms with Crippen molar-refractivity contribution in [3.63, 3.8) is 0 Å². The maximum Gasteiger partial charge on any atom is 0.399 e. The lowest BCUT2D eigenvalue weighted by atomic mass is 9.51. The second-order valence-corrected chi connectivity index (χ2v) is 22.7. The highest BCUT2D eigenvalue weighted by Gasteiger charge is 2.68. The molecule has 372 valence electrons. The summed E-state index contributed by atoms with van der Waals surface area (Å²) in [5.41, 5.74) is -2.54. The number of hydroxylamine groups is 2. The Labute approximate surface area is 384 Å². The molecular formula is C51H87F5N2O6. The maximum atomic E-state index is 15.7. The Bertz CT molecular complexity index is 1660. The van der Waals surface area contributed by atoms with Crippen molar-refractivity contribution in [2.24, 2.45) is 50.6 Å². The second-order valence-electron chi connectivity index (χ2n) is 22.7. The fourth-order valence-electron chi connectivity index (χ4n) is 9.66. The first-order chi connectivity index (χ1) is 28.8. The smallest absolute Gasteiger partial charge is 0.399 e. The number of hydrogen-bond acceptors (Lipinski definition) is 8. The van der Waals surface area contributed by atoms with E-state index in [0.29, 0.717) is 33.3 Å². The van der Waals surface area contributed by atoms with Gasteiger partial charge < -0.3 is 15.2 Å². The van der Waals surface area contributed by atoms with Gasteiger partial charge in [-0.2, -0.15) is 18.2 Å². The van der Waals surface area contributed by atoms with E-state index in [2.05, 4.69) is 58.4 Å². The maximum absolute atomic E-state index is 15.7. The van der Waals surface area contributed by atoms with Crippen molar-refractivity contribution >= 4 is 18.2 Å². The predicted molar refractivity (Wildman–Crippen MR) is 246 cm³/mol. The van der Waals surface area contributed by atoms with E-state index >= 15 is 8.78 Å². The van der Waals surface area contributed by atoms with Crippen LogP contribution in [0.5, 0.6) is 0 Å². The molecule has 0 aromatic heterocycles. The molecule has 1 heterocycles. The topological polar surface area (TPSA) is 108 Å². The molecule has 1 aliphatic heterocycles. The summed E-state index contributed by atoms with van der Waals surface area (Å²) in [7, 11) is 0. The van der Waals surface area contributed by atoms with Crippen LogP contribution in [0.25, 0.3) is 0 Å². The molecule has 1 saturated heterocycles. The van der Waals surface area contributed by atoms with Crippen LogP contribution in [0.15, 0.2) is 30.3 Å². The largest absolute Gasteiger partial charge is 0.468 e. The molecule has 0 saturated carbocycles. The SMILES string of the molecule is CCC1(C)C(C)C(=O)CC(C)(CN)N1OC(C)(C)C(C(=O)OCCC(C)(C)C(F)(F)C(C)(C)C(F)(F)F)C(C)(C)C(C)(C)C(C)CC(C)(C)C(C)c1ccccc1.CCCCOC=O. The van der Waals surface area contributed by atoms with Gasteiger partial charge in [0.25, 0.3) is 12.4 Å². The van der Waals surface area contributed by atoms with Gasteiger partial charge in [-0.3, -0.25) is 19.2 Å². The van der Waals surface area contributed by atoms with Crippen LogP contribution < -0.4 is 5.73 Å². The van der Waals surface area contributed by atoms with Crippen molar-refractivity contribution in [2.75, 3.05) is 19.8 Å². The van der Waals surface area contributed by atoms with E-state index < -0.39 is 81.3 Å². The number of Topliss-reactive ketones (excluding diaryl/α,β-unsaturated/α-hetero) is 1. The molecule has 0 aliphatic carbocycles. The van der Waals surface area contributed by atoms with E-state index in [1.165, 1.54) is 5.56 Å². The summed E-state index contributed by atoms with van der Waals surface area (Å²) in [4.78, 5) is 44.8. The summed E-state index contributed by atoms with van der Waals surface area (Å²) in [6.45, 7) is 34.3. The van der Waals surface area contributed by atoms with Crippen molar-refractivity contribution in [2.45, 2.75) is 205 Å². The van der Waals surface area contributed by atoms with Crippen molar-refractivity contribution in [3.8, 4) is 0 Å². The summed E-state index contributed by atoms with van der Waals surface area (Å²) in [6, 6.07) is 10.3. The van der Waals surface area contributed by atoms with E-state index in [1.807, 2.05) is 71.7 Å². The highest BCUT2D eigenvalue weighted by molar-refractivity contribution is 5.84. The summed E-state index contributed by atoms with van der Waals surface area (Å²) >= 11 is 0. The Morgan fingerprint density at radius 3 is 1.88 bits per heavy atom. The van der Waals surface area contributed by atoms with E-state index in [0.717, 1.165) is 33.1 Å². The Morgan fingerprint density at radius 2 is 1.42 bits per heavy atom. The molecule has 1 aromatic carbocycles. The third-order valence-corrected chi connectivity index (χ3v) is 16.3. The highest BCUT2D eigenvalue weighted by atomic mass is 19.4. The monoisotopic (exact) mass is 919 g/mol. The van der Waals surface area contributed by atoms with E-state index in [-0.39, 0.29) is 36.0 Å². The van der Waals surface area contributed by atoms with Crippen LogP contribution in [0, 0.1) is 44.8 Å². The van der Waals surface area contributed by atoms with Crippen LogP contribution >= 0.6 is 0 Å². The molecule has 2 N–H and O–H groups in total. The Balaban J connectivity index is 0.00000269. The lowest BCUT2D eigenvalue weighted by Gasteiger charge is -2.60. The molecule has 1 aliphatic rings. The molecule has 1 fully saturated rings. The van der Waals surface area contributed by atoms with Gasteiger partial charge >= 0.3 is 12.1 Å². The Kier molecular flexibility index (Phi) is 20.0. The van der Waals surface area contributed by atoms with Crippen LogP contribution in [0.3, 0.4) is 0 Å². The average Bonchev–Trinajstić information content (AvgIpc) is 3.18. The lowest BCUT2D eigenvalue weighted by Crippen LogP contribution is -2.71. The number of esters is 1. The number of nitrogens with zero attached hydrogens (tertiary/aromatic N) is 1. The Hall–Kier alpha value is -2.64. The summed E-state index contributed by atoms with van der Waals surface area (Å²) < 4.78 is 83.3. The first kappa shape index (κ1) is 59.4. The third-order valence-electron chi connectivity index (χ3n) is 16.3. The number of hydrogen-bond donors (Lipinski definition) is 1. The number of ketones is 1. The minimum atomic E-state index is -5.17. The third kappa shape index (κ3) is 12.5. The van der Waals surface area contributed by atoms with Crippen LogP contribution in [0.2, 0.25) is 0 Å². The van der Waals surface area contributed by atoms with Gasteiger partial charge in [0, 0.05) is 24.3 Å². The van der Waals surface area contributed by atoms with Crippen LogP contribution in [0.4, 0.5) is 22.0 Å². The van der Waals surface area contributed by atoms with Gasteiger partial charge in [0.05, 0.1) is 35.8 Å². The predicted octanol–water partition coefficient (Wildman–Crippen LogP) is 13.2. The number of ether oxygens (including phenoxy) is 2. The molecule has 2 rings (SSSR count). The van der Waals surface area contributed by atoms with Gasteiger partial charge in [-0.15, -0.1) is 0 Å². The fourth-order valence-corrected chi connectivity index (χ4v) is 9.66. The lowest BCUT2D eigenvalue weighted by molar-refractivity contribution is -0.352. The first-order valence-electron chi connectivity index (χ1n) is 23.2. The molecule has 0 amide bonds. The number of halogens is 5. The molecule has 6 atom stereocenters. The number of carbonyl (C=O) groups is 3. The molecule has 1 aromatic rings. The zero-order valence-corrected chi connectivity index (χ0v) is 43.0. The Morgan fingerprint density at radius 1 is 0.891 bits per heavy atom.